The van der Waals surface area contributed by atoms with Crippen LogP contribution >= 0.6 is 0 Å². The highest BCUT2D eigenvalue weighted by Crippen LogP contribution is 2.42. The molecule has 0 spiro atoms. The molecular formula is C15H28N2O2. The van der Waals surface area contributed by atoms with E-state index in [2.05, 4.69) is 31.1 Å². The van der Waals surface area contributed by atoms with Crippen LogP contribution in [0.3, 0.4) is 0 Å². The molecule has 0 aromatic heterocycles. The van der Waals surface area contributed by atoms with Crippen LogP contribution in [0.25, 0.3) is 0 Å². The average Bonchev–Trinajstić information content (AvgIpc) is 2.81. The molecule has 2 aliphatic rings. The summed E-state index contributed by atoms with van der Waals surface area (Å²) in [5.41, 5.74) is 0. The van der Waals surface area contributed by atoms with Gasteiger partial charge in [-0.1, -0.05) is 13.8 Å². The maximum Gasteiger partial charge on any atom is 0.233 e. The summed E-state index contributed by atoms with van der Waals surface area (Å²) in [7, 11) is 3.77. The first kappa shape index (κ1) is 14.8. The number of likely N-dealkylation sites (N-methyl/N-ethyl adjacent to an activating group) is 2. The minimum absolute atomic E-state index is 0.105. The zero-order valence-electron chi connectivity index (χ0n) is 12.7. The van der Waals surface area contributed by atoms with Gasteiger partial charge in [-0.25, -0.2) is 0 Å². The number of fused-ring (bicyclic) bond motifs is 1. The van der Waals surface area contributed by atoms with E-state index in [1.54, 1.807) is 7.05 Å². The van der Waals surface area contributed by atoms with Gasteiger partial charge in [-0.2, -0.15) is 0 Å². The van der Waals surface area contributed by atoms with Gasteiger partial charge in [-0.05, 0) is 44.1 Å². The van der Waals surface area contributed by atoms with Crippen LogP contribution in [0, 0.1) is 17.8 Å². The van der Waals surface area contributed by atoms with Crippen molar-refractivity contribution in [2.45, 2.75) is 45.3 Å². The van der Waals surface area contributed by atoms with Crippen LogP contribution in [-0.2, 0) is 9.53 Å². The summed E-state index contributed by atoms with van der Waals surface area (Å²) in [6.45, 7) is 5.91. The molecule has 1 saturated heterocycles. The second kappa shape index (κ2) is 6.23. The third-order valence-corrected chi connectivity index (χ3v) is 4.91. The molecule has 0 bridgehead atoms. The summed E-state index contributed by atoms with van der Waals surface area (Å²) in [4.78, 5) is 13.7. The standard InChI is InChI=1S/C15H28N2O2/c1-10(2)14-7-11-5-13(6-12(11)9-19-14)17(4)8-15(18)16-3/h10-14H,5-9H2,1-4H3,(H,16,18)/t11-,12+,13+,14-/m0/s1. The Balaban J connectivity index is 1.87. The first-order valence-electron chi connectivity index (χ1n) is 7.53. The van der Waals surface area contributed by atoms with Gasteiger partial charge in [0.1, 0.15) is 0 Å². The summed E-state index contributed by atoms with van der Waals surface area (Å²) in [5.74, 6) is 2.21. The van der Waals surface area contributed by atoms with Crippen LogP contribution in [0.4, 0.5) is 0 Å². The van der Waals surface area contributed by atoms with Gasteiger partial charge in [0.25, 0.3) is 0 Å². The lowest BCUT2D eigenvalue weighted by Crippen LogP contribution is -2.38. The van der Waals surface area contributed by atoms with E-state index in [1.807, 2.05) is 0 Å². The van der Waals surface area contributed by atoms with E-state index in [0.29, 0.717) is 30.5 Å². The Bertz CT molecular complexity index is 319. The highest BCUT2D eigenvalue weighted by molar-refractivity contribution is 5.77. The predicted octanol–water partition coefficient (Wildman–Crippen LogP) is 1.50. The van der Waals surface area contributed by atoms with Gasteiger partial charge in [0.05, 0.1) is 19.3 Å². The Morgan fingerprint density at radius 3 is 2.63 bits per heavy atom. The molecule has 4 atom stereocenters. The molecule has 1 saturated carbocycles. The second-order valence-corrected chi connectivity index (χ2v) is 6.59. The lowest BCUT2D eigenvalue weighted by molar-refractivity contribution is -0.121. The zero-order chi connectivity index (χ0) is 14.0. The molecule has 1 aliphatic heterocycles. The monoisotopic (exact) mass is 268 g/mol. The van der Waals surface area contributed by atoms with Crippen molar-refractivity contribution in [1.82, 2.24) is 10.2 Å². The normalized spacial score (nSPS) is 34.6. The Kier molecular flexibility index (Phi) is 4.85. The fraction of sp³-hybridized carbons (Fsp3) is 0.933. The number of hydrogen-bond donors (Lipinski definition) is 1. The summed E-state index contributed by atoms with van der Waals surface area (Å²) in [5, 5.41) is 2.70. The summed E-state index contributed by atoms with van der Waals surface area (Å²) in [6, 6.07) is 0.543. The van der Waals surface area contributed by atoms with Crippen LogP contribution in [0.15, 0.2) is 0 Å². The van der Waals surface area contributed by atoms with E-state index >= 15 is 0 Å². The number of carbonyl (C=O) groups excluding carboxylic acids is 1. The van der Waals surface area contributed by atoms with Crippen LogP contribution in [-0.4, -0.2) is 50.2 Å². The highest BCUT2D eigenvalue weighted by atomic mass is 16.5. The van der Waals surface area contributed by atoms with Crippen molar-refractivity contribution in [3.05, 3.63) is 0 Å². The lowest BCUT2D eigenvalue weighted by atomic mass is 9.85. The molecule has 0 unspecified atom stereocenters. The number of nitrogens with one attached hydrogen (secondary N) is 1. The fourth-order valence-corrected chi connectivity index (χ4v) is 3.55. The average molecular weight is 268 g/mol. The van der Waals surface area contributed by atoms with Crippen molar-refractivity contribution in [3.8, 4) is 0 Å². The summed E-state index contributed by atoms with van der Waals surface area (Å²) >= 11 is 0. The van der Waals surface area contributed by atoms with Gasteiger partial charge in [0.2, 0.25) is 5.91 Å². The highest BCUT2D eigenvalue weighted by Gasteiger charge is 2.41. The molecule has 1 aliphatic carbocycles. The molecule has 1 N–H and O–H groups in total. The zero-order valence-corrected chi connectivity index (χ0v) is 12.7. The van der Waals surface area contributed by atoms with Crippen LogP contribution < -0.4 is 5.32 Å². The van der Waals surface area contributed by atoms with E-state index in [1.165, 1.54) is 19.3 Å². The topological polar surface area (TPSA) is 41.6 Å². The maximum absolute atomic E-state index is 11.5. The molecule has 110 valence electrons. The van der Waals surface area contributed by atoms with Gasteiger partial charge in [-0.15, -0.1) is 0 Å². The number of amides is 1. The van der Waals surface area contributed by atoms with E-state index in [9.17, 15) is 4.79 Å². The lowest BCUT2D eigenvalue weighted by Gasteiger charge is -2.34. The van der Waals surface area contributed by atoms with Crippen LogP contribution in [0.1, 0.15) is 33.1 Å². The first-order chi connectivity index (χ1) is 9.01. The summed E-state index contributed by atoms with van der Waals surface area (Å²) < 4.78 is 5.99. The quantitative estimate of drug-likeness (QED) is 0.840. The molecule has 0 aromatic carbocycles. The Hall–Kier alpha value is -0.610. The smallest absolute Gasteiger partial charge is 0.233 e. The van der Waals surface area contributed by atoms with Crippen LogP contribution in [0.2, 0.25) is 0 Å². The molecule has 1 heterocycles. The van der Waals surface area contributed by atoms with E-state index in [0.717, 1.165) is 12.5 Å². The van der Waals surface area contributed by atoms with Crippen molar-refractivity contribution < 1.29 is 9.53 Å². The van der Waals surface area contributed by atoms with Crippen molar-refractivity contribution in [2.75, 3.05) is 27.2 Å². The SMILES string of the molecule is CNC(=O)CN(C)[C@H]1C[C@@H]2CO[C@H](C(C)C)C[C@@H]2C1. The second-order valence-electron chi connectivity index (χ2n) is 6.59. The summed E-state index contributed by atoms with van der Waals surface area (Å²) in [6.07, 6.45) is 4.05. The van der Waals surface area contributed by atoms with Crippen LogP contribution in [0.5, 0.6) is 0 Å². The number of carbonyl (C=O) groups is 1. The largest absolute Gasteiger partial charge is 0.378 e. The molecule has 2 rings (SSSR count). The fourth-order valence-electron chi connectivity index (χ4n) is 3.55. The molecule has 4 heteroatoms. The van der Waals surface area contributed by atoms with Gasteiger partial charge < -0.3 is 10.1 Å². The Labute approximate surface area is 116 Å². The molecule has 4 nitrogen and oxygen atoms in total. The number of hydrogen-bond acceptors (Lipinski definition) is 3. The maximum atomic E-state index is 11.5. The molecule has 0 aromatic rings. The van der Waals surface area contributed by atoms with Crippen molar-refractivity contribution in [1.29, 1.82) is 0 Å². The molecule has 0 radical (unpaired) electrons. The van der Waals surface area contributed by atoms with Gasteiger partial charge in [0, 0.05) is 13.1 Å². The van der Waals surface area contributed by atoms with E-state index in [4.69, 9.17) is 4.74 Å². The van der Waals surface area contributed by atoms with E-state index in [-0.39, 0.29) is 5.91 Å². The van der Waals surface area contributed by atoms with Crippen molar-refractivity contribution in [3.63, 3.8) is 0 Å². The Morgan fingerprint density at radius 2 is 2.00 bits per heavy atom. The minimum Gasteiger partial charge on any atom is -0.378 e. The molecule has 1 amide bonds. The van der Waals surface area contributed by atoms with E-state index < -0.39 is 0 Å². The third-order valence-electron chi connectivity index (χ3n) is 4.91. The van der Waals surface area contributed by atoms with Gasteiger partial charge in [-0.3, -0.25) is 9.69 Å². The third kappa shape index (κ3) is 3.48. The first-order valence-corrected chi connectivity index (χ1v) is 7.53. The Morgan fingerprint density at radius 1 is 1.32 bits per heavy atom. The van der Waals surface area contributed by atoms with Crippen molar-refractivity contribution >= 4 is 5.91 Å². The van der Waals surface area contributed by atoms with Gasteiger partial charge in [0.15, 0.2) is 0 Å². The predicted molar refractivity (Wildman–Crippen MR) is 75.9 cm³/mol. The molecular weight excluding hydrogens is 240 g/mol. The molecule has 2 fully saturated rings. The number of nitrogens with zero attached hydrogens (tertiary/aromatic N) is 1. The molecule has 19 heavy (non-hydrogen) atoms. The number of ether oxygens (including phenoxy) is 1. The van der Waals surface area contributed by atoms with Gasteiger partial charge >= 0.3 is 0 Å². The number of rotatable bonds is 4. The minimum atomic E-state index is 0.105. The van der Waals surface area contributed by atoms with Crippen molar-refractivity contribution in [2.24, 2.45) is 17.8 Å².